The fraction of sp³-hybridized carbons (Fsp3) is 0.242. The van der Waals surface area contributed by atoms with Gasteiger partial charge in [0.05, 0.1) is 16.4 Å². The van der Waals surface area contributed by atoms with Crippen molar-refractivity contribution in [2.45, 2.75) is 13.5 Å². The molecule has 42 heavy (non-hydrogen) atoms. The van der Waals surface area contributed by atoms with Crippen LogP contribution in [0.4, 0.5) is 10.1 Å². The van der Waals surface area contributed by atoms with E-state index >= 15 is 0 Å². The zero-order valence-corrected chi connectivity index (χ0v) is 24.8. The quantitative estimate of drug-likeness (QED) is 0.232. The van der Waals surface area contributed by atoms with Crippen molar-refractivity contribution in [1.82, 2.24) is 34.9 Å². The van der Waals surface area contributed by atoms with Crippen molar-refractivity contribution in [2.75, 3.05) is 46.6 Å². The first-order valence-corrected chi connectivity index (χ1v) is 13.9. The van der Waals surface area contributed by atoms with E-state index in [1.165, 1.54) is 6.07 Å². The zero-order valence-electron chi connectivity index (χ0n) is 24.8. The van der Waals surface area contributed by atoms with E-state index < -0.39 is 0 Å². The summed E-state index contributed by atoms with van der Waals surface area (Å²) in [5.41, 5.74) is 7.44. The number of nitrogens with one attached hydrogen (secondary N) is 3. The molecule has 0 spiro atoms. The van der Waals surface area contributed by atoms with Crippen LogP contribution in [0.2, 0.25) is 0 Å². The Labute approximate surface area is 245 Å². The predicted molar refractivity (Wildman–Crippen MR) is 171 cm³/mol. The largest absolute Gasteiger partial charge is 0.384 e. The molecular weight excluding hydrogens is 527 g/mol. The second-order valence-electron chi connectivity index (χ2n) is 10.9. The summed E-state index contributed by atoms with van der Waals surface area (Å²) < 4.78 is 14.7. The molecule has 3 N–H and O–H groups in total. The van der Waals surface area contributed by atoms with Gasteiger partial charge in [0.25, 0.3) is 0 Å². The molecule has 0 atom stereocenters. The monoisotopic (exact) mass is 564 g/mol. The van der Waals surface area contributed by atoms with Gasteiger partial charge < -0.3 is 20.1 Å². The number of allylic oxidation sites excluding steroid dienone is 1. The maximum atomic E-state index is 14.7. The van der Waals surface area contributed by atoms with Crippen molar-refractivity contribution in [3.05, 3.63) is 88.9 Å². The molecule has 0 saturated carbocycles. The maximum Gasteiger partial charge on any atom is 0.159 e. The van der Waals surface area contributed by atoms with Crippen LogP contribution in [-0.4, -0.2) is 76.2 Å². The average Bonchev–Trinajstić information content (AvgIpc) is 3.56. The van der Waals surface area contributed by atoms with E-state index in [4.69, 9.17) is 4.98 Å². The number of hydrogen-bond donors (Lipinski definition) is 3. The van der Waals surface area contributed by atoms with E-state index in [1.54, 1.807) is 6.07 Å². The molecule has 0 aliphatic rings. The molecule has 5 rings (SSSR count). The Kier molecular flexibility index (Phi) is 8.61. The lowest BCUT2D eigenvalue weighted by Crippen LogP contribution is -2.23. The molecule has 216 valence electrons. The van der Waals surface area contributed by atoms with Gasteiger partial charge in [-0.3, -0.25) is 10.1 Å². The number of halogens is 1. The molecule has 0 bridgehead atoms. The van der Waals surface area contributed by atoms with Gasteiger partial charge >= 0.3 is 0 Å². The summed E-state index contributed by atoms with van der Waals surface area (Å²) in [7, 11) is 8.08. The van der Waals surface area contributed by atoms with Crippen LogP contribution in [0.5, 0.6) is 0 Å². The molecule has 9 heteroatoms. The zero-order chi connectivity index (χ0) is 29.8. The smallest absolute Gasteiger partial charge is 0.159 e. The number of aromatic nitrogens is 5. The van der Waals surface area contributed by atoms with E-state index in [0.717, 1.165) is 68.2 Å². The lowest BCUT2D eigenvalue weighted by Gasteiger charge is -2.13. The molecule has 5 aromatic rings. The summed E-state index contributed by atoms with van der Waals surface area (Å²) in [5.74, 6) is 0.309. The number of aromatic amines is 2. The summed E-state index contributed by atoms with van der Waals surface area (Å²) in [5, 5.41) is 12.8. The molecule has 0 fully saturated rings. The van der Waals surface area contributed by atoms with Crippen LogP contribution in [0.3, 0.4) is 0 Å². The molecule has 0 amide bonds. The Morgan fingerprint density at radius 2 is 1.90 bits per heavy atom. The summed E-state index contributed by atoms with van der Waals surface area (Å²) in [4.78, 5) is 17.0. The molecule has 0 unspecified atom stereocenters. The fourth-order valence-corrected chi connectivity index (χ4v) is 4.93. The van der Waals surface area contributed by atoms with Gasteiger partial charge in [-0.25, -0.2) is 9.37 Å². The van der Waals surface area contributed by atoms with Crippen molar-refractivity contribution in [1.29, 1.82) is 0 Å². The number of fused-ring (bicyclic) bond motifs is 1. The van der Waals surface area contributed by atoms with Crippen LogP contribution in [-0.2, 0) is 6.54 Å². The number of para-hydroxylation sites is 1. The van der Waals surface area contributed by atoms with Gasteiger partial charge in [-0.2, -0.15) is 5.10 Å². The van der Waals surface area contributed by atoms with Crippen LogP contribution < -0.4 is 15.9 Å². The van der Waals surface area contributed by atoms with Crippen LogP contribution in [0.15, 0.2) is 61.4 Å². The van der Waals surface area contributed by atoms with E-state index in [0.29, 0.717) is 18.1 Å². The molecule has 3 aromatic heterocycles. The Morgan fingerprint density at radius 3 is 2.67 bits per heavy atom. The molecule has 0 saturated heterocycles. The molecule has 8 nitrogen and oxygen atoms in total. The number of imidazole rings is 1. The SMILES string of the molecule is C=C(/C=c1/c(-c2nc3c(-c4cc(F)cc(NCCN(C)C)c4)cccc3[nH]2)n[nH]/c1=C/C)c1cncc(CN(C)C)c1. The summed E-state index contributed by atoms with van der Waals surface area (Å²) in [6.07, 6.45) is 7.68. The first-order valence-electron chi connectivity index (χ1n) is 13.9. The van der Waals surface area contributed by atoms with Crippen molar-refractivity contribution in [3.8, 4) is 22.6 Å². The third-order valence-electron chi connectivity index (χ3n) is 6.94. The van der Waals surface area contributed by atoms with Crippen molar-refractivity contribution in [3.63, 3.8) is 0 Å². The van der Waals surface area contributed by atoms with E-state index in [9.17, 15) is 4.39 Å². The predicted octanol–water partition coefficient (Wildman–Crippen LogP) is 4.48. The van der Waals surface area contributed by atoms with Gasteiger partial charge in [0, 0.05) is 48.5 Å². The highest BCUT2D eigenvalue weighted by Crippen LogP contribution is 2.31. The molecule has 0 aliphatic heterocycles. The van der Waals surface area contributed by atoms with E-state index in [1.807, 2.05) is 83.9 Å². The maximum absolute atomic E-state index is 14.7. The number of likely N-dealkylation sites (N-methyl/N-ethyl adjacent to an activating group) is 1. The van der Waals surface area contributed by atoms with Gasteiger partial charge in [0.15, 0.2) is 5.82 Å². The highest BCUT2D eigenvalue weighted by molar-refractivity contribution is 5.94. The Morgan fingerprint density at radius 1 is 1.07 bits per heavy atom. The second kappa shape index (κ2) is 12.5. The number of pyridine rings is 1. The molecule has 3 heterocycles. The normalized spacial score (nSPS) is 12.7. The van der Waals surface area contributed by atoms with Gasteiger partial charge in [0.1, 0.15) is 11.5 Å². The minimum Gasteiger partial charge on any atom is -0.384 e. The molecule has 2 aromatic carbocycles. The highest BCUT2D eigenvalue weighted by atomic mass is 19.1. The second-order valence-corrected chi connectivity index (χ2v) is 10.9. The minimum atomic E-state index is -0.303. The Balaban J connectivity index is 1.54. The van der Waals surface area contributed by atoms with E-state index in [-0.39, 0.29) is 5.82 Å². The van der Waals surface area contributed by atoms with E-state index in [2.05, 4.69) is 47.9 Å². The number of H-pyrrole nitrogens is 2. The lowest BCUT2D eigenvalue weighted by atomic mass is 10.0. The van der Waals surface area contributed by atoms with Gasteiger partial charge in [0.2, 0.25) is 0 Å². The highest BCUT2D eigenvalue weighted by Gasteiger charge is 2.15. The molecular formula is C33H37FN8. The van der Waals surface area contributed by atoms with Crippen molar-refractivity contribution >= 4 is 34.4 Å². The first-order chi connectivity index (χ1) is 20.2. The number of nitrogens with zero attached hydrogens (tertiary/aromatic N) is 5. The standard InChI is InChI=1S/C33H37FN8/c1-7-29-28(13-21(2)24-14-22(18-35-19-24)20-42(5)6)32(40-39-29)33-37-30-10-8-9-27(31(30)38-33)23-15-25(34)17-26(16-23)36-11-12-41(3)4/h7-10,13-19,36,39H,2,11-12,20H2,1,3-6H3,(H,37,38)/b28-13+,29-7+. The third kappa shape index (κ3) is 6.48. The summed E-state index contributed by atoms with van der Waals surface area (Å²) in [6, 6.07) is 13.0. The van der Waals surface area contributed by atoms with Crippen LogP contribution in [0.25, 0.3) is 51.4 Å². The van der Waals surface area contributed by atoms with Crippen LogP contribution in [0.1, 0.15) is 18.1 Å². The summed E-state index contributed by atoms with van der Waals surface area (Å²) in [6.45, 7) is 8.64. The van der Waals surface area contributed by atoms with Gasteiger partial charge in [-0.1, -0.05) is 24.8 Å². The number of hydrogen-bond acceptors (Lipinski definition) is 6. The lowest BCUT2D eigenvalue weighted by molar-refractivity contribution is 0.402. The summed E-state index contributed by atoms with van der Waals surface area (Å²) >= 11 is 0. The van der Waals surface area contributed by atoms with Gasteiger partial charge in [-0.15, -0.1) is 0 Å². The third-order valence-corrected chi connectivity index (χ3v) is 6.94. The number of benzene rings is 2. The number of anilines is 1. The van der Waals surface area contributed by atoms with Crippen molar-refractivity contribution < 1.29 is 4.39 Å². The molecule has 0 aliphatic carbocycles. The minimum absolute atomic E-state index is 0.303. The number of rotatable bonds is 10. The van der Waals surface area contributed by atoms with Crippen molar-refractivity contribution in [2.24, 2.45) is 0 Å². The first kappa shape index (κ1) is 28.9. The molecule has 0 radical (unpaired) electrons. The average molecular weight is 565 g/mol. The Bertz CT molecular complexity index is 1850. The van der Waals surface area contributed by atoms with Crippen LogP contribution >= 0.6 is 0 Å². The van der Waals surface area contributed by atoms with Crippen LogP contribution in [0, 0.1) is 5.82 Å². The Hall–Kier alpha value is -4.60. The fourth-order valence-electron chi connectivity index (χ4n) is 4.93. The topological polar surface area (TPSA) is 88.8 Å². The van der Waals surface area contributed by atoms with Gasteiger partial charge in [-0.05, 0) is 93.8 Å².